The summed E-state index contributed by atoms with van der Waals surface area (Å²) in [5.41, 5.74) is 0. The van der Waals surface area contributed by atoms with Gasteiger partial charge in [0.25, 0.3) is 0 Å². The van der Waals surface area contributed by atoms with Crippen LogP contribution in [0.1, 0.15) is 0 Å². The summed E-state index contributed by atoms with van der Waals surface area (Å²) in [5.74, 6) is -7.58. The standard InChI is InChI=1S/C7H5F7O2/c1-3(8)5(15)16-2-4(6(9,10)11)7(12,13)14/h4H,1-2H2. The summed E-state index contributed by atoms with van der Waals surface area (Å²) < 4.78 is 86.4. The second-order valence-corrected chi connectivity index (χ2v) is 2.64. The lowest BCUT2D eigenvalue weighted by molar-refractivity contribution is -0.292. The van der Waals surface area contributed by atoms with Crippen LogP contribution in [0.4, 0.5) is 30.7 Å². The fourth-order valence-electron chi connectivity index (χ4n) is 0.612. The smallest absolute Gasteiger partial charge is 0.403 e. The fourth-order valence-corrected chi connectivity index (χ4v) is 0.612. The summed E-state index contributed by atoms with van der Waals surface area (Å²) in [4.78, 5) is 10.3. The Bertz CT molecular complexity index is 263. The van der Waals surface area contributed by atoms with Crippen LogP contribution >= 0.6 is 0 Å². The lowest BCUT2D eigenvalue weighted by Gasteiger charge is -2.22. The average molecular weight is 254 g/mol. The predicted molar refractivity (Wildman–Crippen MR) is 36.8 cm³/mol. The van der Waals surface area contributed by atoms with Gasteiger partial charge in [0, 0.05) is 0 Å². The molecule has 0 aromatic heterocycles. The van der Waals surface area contributed by atoms with Crippen LogP contribution in [0.15, 0.2) is 12.4 Å². The van der Waals surface area contributed by atoms with Crippen LogP contribution in [0.3, 0.4) is 0 Å². The Morgan fingerprint density at radius 1 is 1.12 bits per heavy atom. The molecule has 0 fully saturated rings. The molecule has 0 spiro atoms. The van der Waals surface area contributed by atoms with Gasteiger partial charge in [-0.15, -0.1) is 0 Å². The zero-order valence-corrected chi connectivity index (χ0v) is 7.45. The fraction of sp³-hybridized carbons (Fsp3) is 0.571. The molecule has 0 radical (unpaired) electrons. The first-order chi connectivity index (χ1) is 6.96. The highest BCUT2D eigenvalue weighted by Gasteiger charge is 2.57. The van der Waals surface area contributed by atoms with Crippen molar-refractivity contribution in [1.29, 1.82) is 0 Å². The first-order valence-electron chi connectivity index (χ1n) is 3.61. The topological polar surface area (TPSA) is 26.3 Å². The molecule has 0 aliphatic carbocycles. The van der Waals surface area contributed by atoms with E-state index in [0.717, 1.165) is 0 Å². The third-order valence-corrected chi connectivity index (χ3v) is 1.39. The summed E-state index contributed by atoms with van der Waals surface area (Å²) in [6.45, 7) is 0.321. The summed E-state index contributed by atoms with van der Waals surface area (Å²) >= 11 is 0. The molecule has 0 amide bonds. The van der Waals surface area contributed by atoms with Crippen molar-refractivity contribution in [3.63, 3.8) is 0 Å². The van der Waals surface area contributed by atoms with E-state index < -0.39 is 36.7 Å². The highest BCUT2D eigenvalue weighted by atomic mass is 19.4. The summed E-state index contributed by atoms with van der Waals surface area (Å²) in [6.07, 6.45) is -11.3. The maximum Gasteiger partial charge on any atom is 0.403 e. The predicted octanol–water partition coefficient (Wildman–Crippen LogP) is 2.75. The summed E-state index contributed by atoms with van der Waals surface area (Å²) in [6, 6.07) is 0. The van der Waals surface area contributed by atoms with Gasteiger partial charge in [0.15, 0.2) is 5.92 Å². The Morgan fingerprint density at radius 3 is 1.75 bits per heavy atom. The Labute approximate surface area is 84.7 Å². The van der Waals surface area contributed by atoms with Crippen molar-refractivity contribution in [2.24, 2.45) is 5.92 Å². The van der Waals surface area contributed by atoms with E-state index in [1.54, 1.807) is 0 Å². The van der Waals surface area contributed by atoms with Gasteiger partial charge in [-0.05, 0) is 0 Å². The molecule has 0 saturated carbocycles. The Morgan fingerprint density at radius 2 is 1.50 bits per heavy atom. The van der Waals surface area contributed by atoms with Crippen molar-refractivity contribution >= 4 is 5.97 Å². The van der Waals surface area contributed by atoms with Crippen LogP contribution in [0.25, 0.3) is 0 Å². The minimum Gasteiger partial charge on any atom is -0.459 e. The molecule has 0 aromatic rings. The molecule has 0 heterocycles. The number of esters is 1. The Balaban J connectivity index is 4.60. The summed E-state index contributed by atoms with van der Waals surface area (Å²) in [5, 5.41) is 0. The molecule has 0 saturated heterocycles. The SMILES string of the molecule is C=C(F)C(=O)OCC(C(F)(F)F)C(F)(F)F. The van der Waals surface area contributed by atoms with Gasteiger partial charge in [0.2, 0.25) is 5.83 Å². The van der Waals surface area contributed by atoms with Gasteiger partial charge in [-0.25, -0.2) is 4.79 Å². The monoisotopic (exact) mass is 254 g/mol. The summed E-state index contributed by atoms with van der Waals surface area (Å²) in [7, 11) is 0. The van der Waals surface area contributed by atoms with E-state index in [1.165, 1.54) is 0 Å². The van der Waals surface area contributed by atoms with Crippen molar-refractivity contribution in [3.05, 3.63) is 12.4 Å². The molecule has 0 N–H and O–H groups in total. The number of ether oxygens (including phenoxy) is 1. The molecule has 2 nitrogen and oxygen atoms in total. The molecule has 0 aliphatic heterocycles. The molecular weight excluding hydrogens is 249 g/mol. The number of alkyl halides is 6. The lowest BCUT2D eigenvalue weighted by atomic mass is 10.1. The number of hydrogen-bond acceptors (Lipinski definition) is 2. The van der Waals surface area contributed by atoms with E-state index >= 15 is 0 Å². The van der Waals surface area contributed by atoms with Gasteiger partial charge < -0.3 is 4.74 Å². The molecule has 0 aliphatic rings. The van der Waals surface area contributed by atoms with Crippen LogP contribution in [0.5, 0.6) is 0 Å². The van der Waals surface area contributed by atoms with Crippen LogP contribution < -0.4 is 0 Å². The molecule has 9 heteroatoms. The first kappa shape index (κ1) is 14.7. The maximum atomic E-state index is 11.9. The number of halogens is 7. The third-order valence-electron chi connectivity index (χ3n) is 1.39. The van der Waals surface area contributed by atoms with Crippen LogP contribution in [0, 0.1) is 5.92 Å². The van der Waals surface area contributed by atoms with E-state index in [0.29, 0.717) is 0 Å². The van der Waals surface area contributed by atoms with Gasteiger partial charge in [-0.1, -0.05) is 6.58 Å². The van der Waals surface area contributed by atoms with Crippen molar-refractivity contribution in [2.45, 2.75) is 12.4 Å². The molecular formula is C7H5F7O2. The van der Waals surface area contributed by atoms with E-state index in [1.807, 2.05) is 0 Å². The highest BCUT2D eigenvalue weighted by molar-refractivity contribution is 5.85. The molecule has 0 bridgehead atoms. The Kier molecular flexibility index (Phi) is 4.33. The minimum absolute atomic E-state index is 1.77. The minimum atomic E-state index is -5.63. The average Bonchev–Trinajstić information content (AvgIpc) is 1.98. The van der Waals surface area contributed by atoms with Crippen LogP contribution in [0.2, 0.25) is 0 Å². The normalized spacial score (nSPS) is 12.8. The van der Waals surface area contributed by atoms with Crippen molar-refractivity contribution in [1.82, 2.24) is 0 Å². The van der Waals surface area contributed by atoms with Crippen LogP contribution in [-0.4, -0.2) is 24.9 Å². The van der Waals surface area contributed by atoms with Crippen molar-refractivity contribution < 1.29 is 40.3 Å². The van der Waals surface area contributed by atoms with E-state index in [-0.39, 0.29) is 0 Å². The van der Waals surface area contributed by atoms with Crippen molar-refractivity contribution in [3.8, 4) is 0 Å². The van der Waals surface area contributed by atoms with E-state index in [4.69, 9.17) is 0 Å². The molecule has 16 heavy (non-hydrogen) atoms. The van der Waals surface area contributed by atoms with Crippen LogP contribution in [-0.2, 0) is 9.53 Å². The quantitative estimate of drug-likeness (QED) is 0.439. The van der Waals surface area contributed by atoms with E-state index in [2.05, 4.69) is 11.3 Å². The van der Waals surface area contributed by atoms with Gasteiger partial charge in [-0.3, -0.25) is 0 Å². The highest BCUT2D eigenvalue weighted by Crippen LogP contribution is 2.39. The van der Waals surface area contributed by atoms with Crippen molar-refractivity contribution in [2.75, 3.05) is 6.61 Å². The molecule has 0 atom stereocenters. The number of carbonyl (C=O) groups is 1. The Hall–Kier alpha value is -1.28. The maximum absolute atomic E-state index is 11.9. The number of rotatable bonds is 3. The zero-order chi connectivity index (χ0) is 13.1. The number of carbonyl (C=O) groups excluding carboxylic acids is 1. The molecule has 94 valence electrons. The molecule has 0 aromatic carbocycles. The van der Waals surface area contributed by atoms with E-state index in [9.17, 15) is 35.5 Å². The largest absolute Gasteiger partial charge is 0.459 e. The lowest BCUT2D eigenvalue weighted by Crippen LogP contribution is -2.40. The third kappa shape index (κ3) is 4.49. The van der Waals surface area contributed by atoms with Gasteiger partial charge >= 0.3 is 18.3 Å². The van der Waals surface area contributed by atoms with Gasteiger partial charge in [-0.2, -0.15) is 30.7 Å². The second-order valence-electron chi connectivity index (χ2n) is 2.64. The second kappa shape index (κ2) is 4.71. The first-order valence-corrected chi connectivity index (χ1v) is 3.61. The molecule has 0 unspecified atom stereocenters. The number of hydrogen-bond donors (Lipinski definition) is 0. The van der Waals surface area contributed by atoms with Gasteiger partial charge in [0.1, 0.15) is 6.61 Å². The van der Waals surface area contributed by atoms with Gasteiger partial charge in [0.05, 0.1) is 0 Å². The zero-order valence-electron chi connectivity index (χ0n) is 7.45. The molecule has 0 rings (SSSR count).